The Hall–Kier alpha value is -0.570. The van der Waals surface area contributed by atoms with E-state index in [1.165, 1.54) is 0 Å². The molecule has 0 aromatic rings. The van der Waals surface area contributed by atoms with E-state index in [0.717, 1.165) is 13.0 Å². The van der Waals surface area contributed by atoms with Gasteiger partial charge in [-0.05, 0) is 13.3 Å². The lowest BCUT2D eigenvalue weighted by molar-refractivity contribution is -0.130. The van der Waals surface area contributed by atoms with Crippen molar-refractivity contribution in [2.45, 2.75) is 32.7 Å². The number of hydrogen-bond acceptors (Lipinski definition) is 2. The van der Waals surface area contributed by atoms with Gasteiger partial charge in [0.25, 0.3) is 0 Å². The van der Waals surface area contributed by atoms with Gasteiger partial charge in [0.1, 0.15) is 0 Å². The van der Waals surface area contributed by atoms with Gasteiger partial charge in [-0.25, -0.2) is 0 Å². The van der Waals surface area contributed by atoms with Gasteiger partial charge in [-0.15, -0.1) is 0 Å². The molecule has 0 heterocycles. The molecule has 0 aliphatic carbocycles. The number of amides is 1. The van der Waals surface area contributed by atoms with Gasteiger partial charge in [0.2, 0.25) is 5.91 Å². The first kappa shape index (κ1) is 10.4. The van der Waals surface area contributed by atoms with E-state index in [0.29, 0.717) is 6.42 Å². The van der Waals surface area contributed by atoms with Crippen LogP contribution in [0.2, 0.25) is 0 Å². The molecule has 0 aliphatic heterocycles. The molecule has 0 bridgehead atoms. The maximum atomic E-state index is 11.2. The van der Waals surface area contributed by atoms with E-state index >= 15 is 0 Å². The number of carbonyl (C=O) groups excluding carboxylic acids is 1. The minimum Gasteiger partial charge on any atom is -0.346 e. The van der Waals surface area contributed by atoms with Crippen molar-refractivity contribution >= 4 is 5.91 Å². The van der Waals surface area contributed by atoms with Crippen molar-refractivity contribution in [3.05, 3.63) is 0 Å². The molecule has 0 fully saturated rings. The maximum Gasteiger partial charge on any atom is 0.223 e. The van der Waals surface area contributed by atoms with Crippen LogP contribution in [0.1, 0.15) is 26.7 Å². The minimum atomic E-state index is 0.0245. The first-order chi connectivity index (χ1) is 5.11. The van der Waals surface area contributed by atoms with E-state index < -0.39 is 0 Å². The molecule has 0 saturated heterocycles. The number of carbonyl (C=O) groups is 1. The van der Waals surface area contributed by atoms with Gasteiger partial charge in [0, 0.05) is 26.1 Å². The summed E-state index contributed by atoms with van der Waals surface area (Å²) in [5.74, 6) is 0.141. The molecule has 1 amide bonds. The Kier molecular flexibility index (Phi) is 4.86. The quantitative estimate of drug-likeness (QED) is 0.651. The molecular weight excluding hydrogens is 140 g/mol. The molecular formula is C8H18N2O. The van der Waals surface area contributed by atoms with Gasteiger partial charge in [-0.3, -0.25) is 4.79 Å². The predicted molar refractivity (Wildman–Crippen MR) is 46.2 cm³/mol. The molecule has 3 heteroatoms. The Bertz CT molecular complexity index is 125. The second-order valence-corrected chi connectivity index (χ2v) is 2.78. The van der Waals surface area contributed by atoms with E-state index in [1.807, 2.05) is 13.8 Å². The van der Waals surface area contributed by atoms with Gasteiger partial charge in [-0.1, -0.05) is 6.92 Å². The molecule has 11 heavy (non-hydrogen) atoms. The Morgan fingerprint density at radius 1 is 1.55 bits per heavy atom. The van der Waals surface area contributed by atoms with E-state index in [9.17, 15) is 4.79 Å². The van der Waals surface area contributed by atoms with Crippen LogP contribution < -0.4 is 5.73 Å². The fraction of sp³-hybridized carbons (Fsp3) is 0.875. The Morgan fingerprint density at radius 2 is 2.09 bits per heavy atom. The number of hydrogen-bond donors (Lipinski definition) is 1. The van der Waals surface area contributed by atoms with Crippen LogP contribution in [0.3, 0.4) is 0 Å². The van der Waals surface area contributed by atoms with Crippen molar-refractivity contribution in [2.75, 3.05) is 13.6 Å². The molecule has 1 atom stereocenters. The predicted octanol–water partition coefficient (Wildman–Crippen LogP) is 0.592. The summed E-state index contributed by atoms with van der Waals surface area (Å²) in [7, 11) is 1.80. The third-order valence-corrected chi connectivity index (χ3v) is 1.86. The van der Waals surface area contributed by atoms with Crippen LogP contribution in [0, 0.1) is 0 Å². The summed E-state index contributed by atoms with van der Waals surface area (Å²) < 4.78 is 0. The fourth-order valence-electron chi connectivity index (χ4n) is 0.701. The van der Waals surface area contributed by atoms with Gasteiger partial charge in [0.05, 0.1) is 0 Å². The molecule has 1 unspecified atom stereocenters. The van der Waals surface area contributed by atoms with E-state index in [2.05, 4.69) is 0 Å². The van der Waals surface area contributed by atoms with Crippen molar-refractivity contribution in [1.29, 1.82) is 0 Å². The normalized spacial score (nSPS) is 12.7. The highest BCUT2D eigenvalue weighted by Gasteiger charge is 2.10. The van der Waals surface area contributed by atoms with Gasteiger partial charge >= 0.3 is 0 Å². The van der Waals surface area contributed by atoms with Crippen molar-refractivity contribution in [2.24, 2.45) is 5.73 Å². The van der Waals surface area contributed by atoms with Crippen molar-refractivity contribution in [3.8, 4) is 0 Å². The molecule has 0 rings (SSSR count). The zero-order valence-electron chi connectivity index (χ0n) is 7.63. The van der Waals surface area contributed by atoms with Crippen molar-refractivity contribution in [3.63, 3.8) is 0 Å². The summed E-state index contributed by atoms with van der Waals surface area (Å²) in [5, 5.41) is 0. The average Bonchev–Trinajstić information content (AvgIpc) is 2.02. The van der Waals surface area contributed by atoms with Crippen LogP contribution in [0.25, 0.3) is 0 Å². The molecule has 0 radical (unpaired) electrons. The number of nitrogens with zero attached hydrogens (tertiary/aromatic N) is 1. The molecule has 66 valence electrons. The minimum absolute atomic E-state index is 0.0245. The summed E-state index contributed by atoms with van der Waals surface area (Å²) in [6.45, 7) is 4.70. The van der Waals surface area contributed by atoms with E-state index in [-0.39, 0.29) is 11.9 Å². The molecule has 0 aliphatic rings. The highest BCUT2D eigenvalue weighted by Crippen LogP contribution is 1.97. The van der Waals surface area contributed by atoms with Crippen molar-refractivity contribution in [1.82, 2.24) is 4.90 Å². The molecule has 0 aromatic carbocycles. The third kappa shape index (κ3) is 3.98. The zero-order valence-corrected chi connectivity index (χ0v) is 7.63. The second kappa shape index (κ2) is 5.13. The second-order valence-electron chi connectivity index (χ2n) is 2.78. The summed E-state index contributed by atoms with van der Waals surface area (Å²) in [5.41, 5.74) is 5.62. The molecule has 0 spiro atoms. The van der Waals surface area contributed by atoms with Gasteiger partial charge in [0.15, 0.2) is 0 Å². The largest absolute Gasteiger partial charge is 0.346 e. The van der Waals surface area contributed by atoms with Crippen LogP contribution in [-0.2, 0) is 4.79 Å². The van der Waals surface area contributed by atoms with Crippen LogP contribution >= 0.6 is 0 Å². The van der Waals surface area contributed by atoms with Gasteiger partial charge in [-0.2, -0.15) is 0 Å². The summed E-state index contributed by atoms with van der Waals surface area (Å²) in [6.07, 6.45) is 1.34. The zero-order chi connectivity index (χ0) is 8.85. The number of rotatable bonds is 4. The van der Waals surface area contributed by atoms with Crippen LogP contribution in [0.5, 0.6) is 0 Å². The monoisotopic (exact) mass is 158 g/mol. The molecule has 0 aromatic heterocycles. The van der Waals surface area contributed by atoms with Crippen LogP contribution in [0.15, 0.2) is 0 Å². The Morgan fingerprint density at radius 3 is 2.45 bits per heavy atom. The lowest BCUT2D eigenvalue weighted by Gasteiger charge is -2.16. The number of nitrogens with two attached hydrogens (primary N) is 1. The Labute approximate surface area is 68.6 Å². The molecule has 0 saturated carbocycles. The highest BCUT2D eigenvalue weighted by molar-refractivity contribution is 5.76. The smallest absolute Gasteiger partial charge is 0.223 e. The van der Waals surface area contributed by atoms with Crippen LogP contribution in [-0.4, -0.2) is 30.4 Å². The SMILES string of the molecule is CCC(N)CC(=O)N(C)CC. The maximum absolute atomic E-state index is 11.2. The first-order valence-corrected chi connectivity index (χ1v) is 4.11. The summed E-state index contributed by atoms with van der Waals surface area (Å²) in [6, 6.07) is 0.0245. The summed E-state index contributed by atoms with van der Waals surface area (Å²) >= 11 is 0. The topological polar surface area (TPSA) is 46.3 Å². The summed E-state index contributed by atoms with van der Waals surface area (Å²) in [4.78, 5) is 12.9. The van der Waals surface area contributed by atoms with E-state index in [1.54, 1.807) is 11.9 Å². The first-order valence-electron chi connectivity index (χ1n) is 4.11. The average molecular weight is 158 g/mol. The lowest BCUT2D eigenvalue weighted by Crippen LogP contribution is -2.32. The highest BCUT2D eigenvalue weighted by atomic mass is 16.2. The standard InChI is InChI=1S/C8H18N2O/c1-4-7(9)6-8(11)10(3)5-2/h7H,4-6,9H2,1-3H3. The van der Waals surface area contributed by atoms with Gasteiger partial charge < -0.3 is 10.6 Å². The van der Waals surface area contributed by atoms with Crippen LogP contribution in [0.4, 0.5) is 0 Å². The molecule has 2 N–H and O–H groups in total. The molecule has 3 nitrogen and oxygen atoms in total. The Balaban J connectivity index is 3.68. The lowest BCUT2D eigenvalue weighted by atomic mass is 10.1. The van der Waals surface area contributed by atoms with E-state index in [4.69, 9.17) is 5.73 Å². The van der Waals surface area contributed by atoms with Crippen molar-refractivity contribution < 1.29 is 4.79 Å². The third-order valence-electron chi connectivity index (χ3n) is 1.86. The fourth-order valence-corrected chi connectivity index (χ4v) is 0.701.